The molecule has 0 heterocycles. The molecule has 0 saturated heterocycles. The molecule has 0 spiro atoms. The number of non-ortho nitro benzene ring substituents is 2. The molecular weight excluding hydrogens is 394 g/mol. The molecule has 0 radical (unpaired) electrons. The van der Waals surface area contributed by atoms with Gasteiger partial charge in [-0.3, -0.25) is 29.8 Å². The highest BCUT2D eigenvalue weighted by molar-refractivity contribution is 5.99. The molecule has 0 aliphatic heterocycles. The lowest BCUT2D eigenvalue weighted by Gasteiger charge is -2.05. The van der Waals surface area contributed by atoms with Crippen LogP contribution in [0.5, 0.6) is 0 Å². The molecule has 156 valence electrons. The van der Waals surface area contributed by atoms with Crippen LogP contribution in [0.4, 0.5) is 11.4 Å². The van der Waals surface area contributed by atoms with Crippen LogP contribution < -0.4 is 10.7 Å². The maximum absolute atomic E-state index is 12.0. The van der Waals surface area contributed by atoms with Gasteiger partial charge in [-0.15, -0.1) is 0 Å². The van der Waals surface area contributed by atoms with Crippen molar-refractivity contribution in [1.29, 1.82) is 0 Å². The molecular formula is C19H19N5O6. The summed E-state index contributed by atoms with van der Waals surface area (Å²) >= 11 is 0. The summed E-state index contributed by atoms with van der Waals surface area (Å²) in [5.74, 6) is -0.827. The van der Waals surface area contributed by atoms with E-state index in [-0.39, 0.29) is 35.8 Å². The quantitative estimate of drug-likeness (QED) is 0.278. The fraction of sp³-hybridized carbons (Fsp3) is 0.211. The molecule has 30 heavy (non-hydrogen) atoms. The van der Waals surface area contributed by atoms with E-state index in [0.717, 1.165) is 0 Å². The monoisotopic (exact) mass is 413 g/mol. The van der Waals surface area contributed by atoms with Gasteiger partial charge in [-0.2, -0.15) is 5.10 Å². The summed E-state index contributed by atoms with van der Waals surface area (Å²) in [6.07, 6.45) is 0.449. The van der Waals surface area contributed by atoms with Crippen LogP contribution in [0.3, 0.4) is 0 Å². The maximum atomic E-state index is 12.0. The van der Waals surface area contributed by atoms with E-state index in [1.54, 1.807) is 6.92 Å². The average molecular weight is 413 g/mol. The lowest BCUT2D eigenvalue weighted by molar-refractivity contribution is -0.385. The first kappa shape index (κ1) is 22.1. The number of carbonyl (C=O) groups excluding carboxylic acids is 2. The van der Waals surface area contributed by atoms with E-state index in [1.165, 1.54) is 48.5 Å². The van der Waals surface area contributed by atoms with Crippen LogP contribution in [-0.4, -0.2) is 33.9 Å². The minimum absolute atomic E-state index is 0.0391. The number of rotatable bonds is 9. The Bertz CT molecular complexity index is 987. The average Bonchev–Trinajstić information content (AvgIpc) is 2.75. The van der Waals surface area contributed by atoms with Gasteiger partial charge in [-0.1, -0.05) is 6.07 Å². The van der Waals surface area contributed by atoms with Gasteiger partial charge in [0.25, 0.3) is 17.3 Å². The predicted molar refractivity (Wildman–Crippen MR) is 108 cm³/mol. The van der Waals surface area contributed by atoms with Crippen molar-refractivity contribution in [2.45, 2.75) is 19.8 Å². The van der Waals surface area contributed by atoms with Crippen molar-refractivity contribution < 1.29 is 19.4 Å². The highest BCUT2D eigenvalue weighted by atomic mass is 16.6. The molecule has 2 aromatic rings. The van der Waals surface area contributed by atoms with E-state index >= 15 is 0 Å². The third-order valence-corrected chi connectivity index (χ3v) is 4.03. The molecule has 0 fully saturated rings. The minimum atomic E-state index is -0.583. The first-order chi connectivity index (χ1) is 14.3. The fourth-order valence-corrected chi connectivity index (χ4v) is 2.40. The SMILES string of the molecule is CC(=NNC(=O)CCCNC(=O)c1cccc([N+](=O)[O-])c1)c1ccc([N+](=O)[O-])cc1. The predicted octanol–water partition coefficient (Wildman–Crippen LogP) is 2.55. The molecule has 2 amide bonds. The third-order valence-electron chi connectivity index (χ3n) is 4.03. The Kier molecular flexibility index (Phi) is 7.68. The second-order valence-corrected chi connectivity index (χ2v) is 6.20. The van der Waals surface area contributed by atoms with E-state index in [0.29, 0.717) is 17.7 Å². The molecule has 0 unspecified atom stereocenters. The Balaban J connectivity index is 1.76. The second-order valence-electron chi connectivity index (χ2n) is 6.20. The van der Waals surface area contributed by atoms with Crippen molar-refractivity contribution in [2.24, 2.45) is 5.10 Å². The van der Waals surface area contributed by atoms with Gasteiger partial charge in [0, 0.05) is 42.8 Å². The van der Waals surface area contributed by atoms with Gasteiger partial charge in [-0.25, -0.2) is 5.43 Å². The largest absolute Gasteiger partial charge is 0.352 e. The van der Waals surface area contributed by atoms with E-state index in [9.17, 15) is 29.8 Å². The van der Waals surface area contributed by atoms with Crippen LogP contribution in [0.1, 0.15) is 35.7 Å². The van der Waals surface area contributed by atoms with Gasteiger partial charge in [0.15, 0.2) is 0 Å². The fourth-order valence-electron chi connectivity index (χ4n) is 2.40. The highest BCUT2D eigenvalue weighted by Gasteiger charge is 2.11. The number of hydrogen-bond donors (Lipinski definition) is 2. The number of nitrogens with zero attached hydrogens (tertiary/aromatic N) is 3. The van der Waals surface area contributed by atoms with E-state index in [1.807, 2.05) is 0 Å². The summed E-state index contributed by atoms with van der Waals surface area (Å²) in [6, 6.07) is 11.1. The summed E-state index contributed by atoms with van der Waals surface area (Å²) in [5, 5.41) is 27.9. The number of hydrazone groups is 1. The number of benzene rings is 2. The Morgan fingerprint density at radius 3 is 2.27 bits per heavy atom. The first-order valence-electron chi connectivity index (χ1n) is 8.88. The van der Waals surface area contributed by atoms with Crippen molar-refractivity contribution >= 4 is 28.9 Å². The molecule has 0 aliphatic carbocycles. The Labute approximate surface area is 171 Å². The Morgan fingerprint density at radius 1 is 0.967 bits per heavy atom. The standard InChI is InChI=1S/C19H19N5O6/c1-13(14-7-9-16(10-8-14)23(27)28)21-22-18(25)6-3-11-20-19(26)15-4-2-5-17(12-15)24(29)30/h2,4-5,7-10,12H,3,6,11H2,1H3,(H,20,26)(H,22,25). The molecule has 2 rings (SSSR count). The highest BCUT2D eigenvalue weighted by Crippen LogP contribution is 2.13. The van der Waals surface area contributed by atoms with Crippen LogP contribution in [-0.2, 0) is 4.79 Å². The number of nitrogens with one attached hydrogen (secondary N) is 2. The Hall–Kier alpha value is -4.15. The zero-order valence-electron chi connectivity index (χ0n) is 16.0. The van der Waals surface area contributed by atoms with Crippen molar-refractivity contribution in [1.82, 2.24) is 10.7 Å². The van der Waals surface area contributed by atoms with Crippen LogP contribution in [0.2, 0.25) is 0 Å². The van der Waals surface area contributed by atoms with E-state index in [2.05, 4.69) is 15.8 Å². The summed E-state index contributed by atoms with van der Waals surface area (Å²) in [5.41, 5.74) is 3.45. The lowest BCUT2D eigenvalue weighted by Crippen LogP contribution is -2.26. The maximum Gasteiger partial charge on any atom is 0.270 e. The first-order valence-corrected chi connectivity index (χ1v) is 8.88. The second kappa shape index (κ2) is 10.4. The van der Waals surface area contributed by atoms with E-state index < -0.39 is 15.8 Å². The number of carbonyl (C=O) groups is 2. The number of hydrogen-bond acceptors (Lipinski definition) is 7. The zero-order chi connectivity index (χ0) is 22.1. The van der Waals surface area contributed by atoms with Crippen molar-refractivity contribution in [3.63, 3.8) is 0 Å². The molecule has 0 aliphatic rings. The molecule has 0 saturated carbocycles. The van der Waals surface area contributed by atoms with Crippen LogP contribution >= 0.6 is 0 Å². The van der Waals surface area contributed by atoms with Crippen LogP contribution in [0, 0.1) is 20.2 Å². The van der Waals surface area contributed by atoms with Crippen molar-refractivity contribution in [3.05, 3.63) is 79.9 Å². The number of nitro benzene ring substituents is 2. The molecule has 0 atom stereocenters. The zero-order valence-corrected chi connectivity index (χ0v) is 16.0. The molecule has 0 aromatic heterocycles. The normalized spacial score (nSPS) is 10.9. The van der Waals surface area contributed by atoms with Gasteiger partial charge >= 0.3 is 0 Å². The number of nitro groups is 2. The molecule has 11 nitrogen and oxygen atoms in total. The number of amides is 2. The van der Waals surface area contributed by atoms with Gasteiger partial charge in [0.2, 0.25) is 5.91 Å². The summed E-state index contributed by atoms with van der Waals surface area (Å²) in [4.78, 5) is 44.2. The molecule has 0 bridgehead atoms. The van der Waals surface area contributed by atoms with Crippen LogP contribution in [0.15, 0.2) is 53.6 Å². The van der Waals surface area contributed by atoms with E-state index in [4.69, 9.17) is 0 Å². The Morgan fingerprint density at radius 2 is 1.63 bits per heavy atom. The minimum Gasteiger partial charge on any atom is -0.352 e. The van der Waals surface area contributed by atoms with Crippen molar-refractivity contribution in [3.8, 4) is 0 Å². The topological polar surface area (TPSA) is 157 Å². The van der Waals surface area contributed by atoms with Crippen molar-refractivity contribution in [2.75, 3.05) is 6.54 Å². The molecule has 2 N–H and O–H groups in total. The molecule has 2 aromatic carbocycles. The summed E-state index contributed by atoms with van der Waals surface area (Å²) in [7, 11) is 0. The van der Waals surface area contributed by atoms with Gasteiger partial charge < -0.3 is 5.32 Å². The lowest BCUT2D eigenvalue weighted by atomic mass is 10.1. The smallest absolute Gasteiger partial charge is 0.270 e. The van der Waals surface area contributed by atoms with Gasteiger partial charge in [-0.05, 0) is 37.1 Å². The summed E-state index contributed by atoms with van der Waals surface area (Å²) in [6.45, 7) is 1.86. The van der Waals surface area contributed by atoms with Gasteiger partial charge in [0.1, 0.15) is 0 Å². The summed E-state index contributed by atoms with van der Waals surface area (Å²) < 4.78 is 0. The third kappa shape index (κ3) is 6.48. The molecule has 11 heteroatoms. The van der Waals surface area contributed by atoms with Crippen LogP contribution in [0.25, 0.3) is 0 Å². The van der Waals surface area contributed by atoms with Gasteiger partial charge in [0.05, 0.1) is 15.6 Å².